The summed E-state index contributed by atoms with van der Waals surface area (Å²) in [6.45, 7) is 1.77. The maximum Gasteiger partial charge on any atom is 0.123 e. The molecule has 0 spiro atoms. The van der Waals surface area contributed by atoms with E-state index >= 15 is 0 Å². The molecule has 0 saturated carbocycles. The lowest BCUT2D eigenvalue weighted by atomic mass is 9.89. The summed E-state index contributed by atoms with van der Waals surface area (Å²) < 4.78 is 12.5. The number of aliphatic hydroxyl groups excluding tert-OH is 1. The first-order valence-corrected chi connectivity index (χ1v) is 3.31. The van der Waals surface area contributed by atoms with Crippen molar-refractivity contribution in [3.63, 3.8) is 0 Å². The van der Waals surface area contributed by atoms with Crippen LogP contribution in [0.1, 0.15) is 17.1 Å². The lowest BCUT2D eigenvalue weighted by molar-refractivity contribution is 0.261. The van der Waals surface area contributed by atoms with Gasteiger partial charge in [0.25, 0.3) is 0 Å². The van der Waals surface area contributed by atoms with Gasteiger partial charge in [-0.2, -0.15) is 0 Å². The Labute approximate surface area is 66.3 Å². The highest BCUT2D eigenvalue weighted by molar-refractivity contribution is 6.11. The van der Waals surface area contributed by atoms with Crippen molar-refractivity contribution in [1.29, 1.82) is 0 Å². The molecule has 1 unspecified atom stereocenters. The number of halogens is 1. The molecule has 11 heavy (non-hydrogen) atoms. The maximum absolute atomic E-state index is 12.5. The lowest BCUT2D eigenvalue weighted by Gasteiger charge is -2.07. The van der Waals surface area contributed by atoms with Crippen LogP contribution >= 0.6 is 0 Å². The summed E-state index contributed by atoms with van der Waals surface area (Å²) in [6.07, 6.45) is 0. The molecule has 0 heterocycles. The predicted molar refractivity (Wildman–Crippen MR) is 41.9 cm³/mol. The van der Waals surface area contributed by atoms with E-state index < -0.39 is 6.00 Å². The van der Waals surface area contributed by atoms with Crippen LogP contribution in [0.2, 0.25) is 0 Å². The van der Waals surface area contributed by atoms with Gasteiger partial charge in [0, 0.05) is 6.00 Å². The minimum Gasteiger partial charge on any atom is -0.398 e. The molecular formula is C8H8BFO. The molecule has 1 N–H and O–H groups in total. The van der Waals surface area contributed by atoms with Crippen molar-refractivity contribution >= 4 is 7.85 Å². The van der Waals surface area contributed by atoms with E-state index in [-0.39, 0.29) is 5.82 Å². The van der Waals surface area contributed by atoms with Crippen molar-refractivity contribution in [3.05, 3.63) is 35.1 Å². The second-order valence-electron chi connectivity index (χ2n) is 2.45. The predicted octanol–water partition coefficient (Wildman–Crippen LogP) is 1.29. The topological polar surface area (TPSA) is 20.2 Å². The highest BCUT2D eigenvalue weighted by Gasteiger charge is 2.04. The lowest BCUT2D eigenvalue weighted by Crippen LogP contribution is -1.99. The summed E-state index contributed by atoms with van der Waals surface area (Å²) in [5, 5.41) is 8.94. The molecule has 56 valence electrons. The summed E-state index contributed by atoms with van der Waals surface area (Å²) >= 11 is 0. The summed E-state index contributed by atoms with van der Waals surface area (Å²) in [7, 11) is 5.17. The molecule has 1 atom stereocenters. The number of aliphatic hydroxyl groups is 1. The van der Waals surface area contributed by atoms with Gasteiger partial charge in [-0.25, -0.2) is 4.39 Å². The molecule has 1 aromatic carbocycles. The summed E-state index contributed by atoms with van der Waals surface area (Å²) in [5.41, 5.74) is 1.23. The molecule has 0 fully saturated rings. The molecule has 3 heteroatoms. The van der Waals surface area contributed by atoms with Crippen LogP contribution in [-0.4, -0.2) is 13.0 Å². The average molecular weight is 150 g/mol. The molecule has 0 aliphatic rings. The number of benzene rings is 1. The van der Waals surface area contributed by atoms with Gasteiger partial charge in [-0.05, 0) is 30.2 Å². The molecule has 0 aromatic heterocycles. The number of hydrogen-bond acceptors (Lipinski definition) is 1. The van der Waals surface area contributed by atoms with Crippen molar-refractivity contribution in [1.82, 2.24) is 0 Å². The standard InChI is InChI=1S/C8H8BFO/c1-5-2-3-6(10)4-7(5)8(9)11/h2-4,8,11H,1H3. The van der Waals surface area contributed by atoms with Crippen LogP contribution in [0.15, 0.2) is 18.2 Å². The Balaban J connectivity index is 3.13. The summed E-state index contributed by atoms with van der Waals surface area (Å²) in [4.78, 5) is 0. The number of rotatable bonds is 1. The third kappa shape index (κ3) is 1.81. The van der Waals surface area contributed by atoms with Crippen molar-refractivity contribution < 1.29 is 9.50 Å². The Morgan fingerprint density at radius 2 is 2.18 bits per heavy atom. The van der Waals surface area contributed by atoms with Gasteiger partial charge in [0.1, 0.15) is 13.7 Å². The molecule has 1 rings (SSSR count). The molecule has 0 amide bonds. The molecule has 1 nitrogen and oxygen atoms in total. The molecular weight excluding hydrogens is 142 g/mol. The third-order valence-corrected chi connectivity index (χ3v) is 1.56. The van der Waals surface area contributed by atoms with Gasteiger partial charge in [-0.3, -0.25) is 0 Å². The van der Waals surface area contributed by atoms with Crippen molar-refractivity contribution in [2.24, 2.45) is 0 Å². The Bertz CT molecular complexity index is 260. The van der Waals surface area contributed by atoms with E-state index in [0.717, 1.165) is 5.56 Å². The summed E-state index contributed by atoms with van der Waals surface area (Å²) in [5.74, 6) is -0.380. The first kappa shape index (κ1) is 8.27. The van der Waals surface area contributed by atoms with E-state index in [1.54, 1.807) is 13.0 Å². The van der Waals surface area contributed by atoms with Crippen LogP contribution in [0.25, 0.3) is 0 Å². The first-order chi connectivity index (χ1) is 5.11. The van der Waals surface area contributed by atoms with E-state index in [4.69, 9.17) is 13.0 Å². The third-order valence-electron chi connectivity index (χ3n) is 1.56. The second-order valence-corrected chi connectivity index (χ2v) is 2.45. The van der Waals surface area contributed by atoms with Gasteiger partial charge in [0.05, 0.1) is 0 Å². The highest BCUT2D eigenvalue weighted by Crippen LogP contribution is 2.15. The van der Waals surface area contributed by atoms with Crippen LogP contribution < -0.4 is 0 Å². The van der Waals surface area contributed by atoms with Gasteiger partial charge in [0.2, 0.25) is 0 Å². The average Bonchev–Trinajstić information content (AvgIpc) is 1.94. The first-order valence-electron chi connectivity index (χ1n) is 3.31. The van der Waals surface area contributed by atoms with Crippen LogP contribution in [0.3, 0.4) is 0 Å². The largest absolute Gasteiger partial charge is 0.398 e. The van der Waals surface area contributed by atoms with Crippen molar-refractivity contribution in [2.75, 3.05) is 0 Å². The quantitative estimate of drug-likeness (QED) is 0.598. The minimum atomic E-state index is -1.09. The zero-order valence-electron chi connectivity index (χ0n) is 6.21. The Hall–Kier alpha value is -0.825. The fourth-order valence-corrected chi connectivity index (χ4v) is 0.930. The van der Waals surface area contributed by atoms with Crippen LogP contribution in [0, 0.1) is 12.7 Å². The van der Waals surface area contributed by atoms with Crippen LogP contribution in [0.4, 0.5) is 4.39 Å². The molecule has 0 bridgehead atoms. The van der Waals surface area contributed by atoms with Crippen molar-refractivity contribution in [3.8, 4) is 0 Å². The van der Waals surface area contributed by atoms with Gasteiger partial charge in [0.15, 0.2) is 0 Å². The highest BCUT2D eigenvalue weighted by atomic mass is 19.1. The van der Waals surface area contributed by atoms with Gasteiger partial charge in [-0.15, -0.1) is 0 Å². The normalized spacial score (nSPS) is 13.0. The molecule has 1 aromatic rings. The van der Waals surface area contributed by atoms with Gasteiger partial charge < -0.3 is 5.11 Å². The van der Waals surface area contributed by atoms with E-state index in [2.05, 4.69) is 0 Å². The zero-order valence-corrected chi connectivity index (χ0v) is 6.21. The van der Waals surface area contributed by atoms with Gasteiger partial charge >= 0.3 is 0 Å². The summed E-state index contributed by atoms with van der Waals surface area (Å²) in [6, 6.07) is 3.06. The zero-order chi connectivity index (χ0) is 8.43. The Morgan fingerprint density at radius 3 is 2.64 bits per heavy atom. The van der Waals surface area contributed by atoms with E-state index in [0.29, 0.717) is 5.56 Å². The van der Waals surface area contributed by atoms with Crippen LogP contribution in [0.5, 0.6) is 0 Å². The van der Waals surface area contributed by atoms with E-state index in [9.17, 15) is 4.39 Å². The minimum absolute atomic E-state index is 0.380. The maximum atomic E-state index is 12.5. The Morgan fingerprint density at radius 1 is 1.55 bits per heavy atom. The van der Waals surface area contributed by atoms with Gasteiger partial charge in [-0.1, -0.05) is 6.07 Å². The molecule has 0 saturated heterocycles. The van der Waals surface area contributed by atoms with Crippen molar-refractivity contribution in [2.45, 2.75) is 12.9 Å². The number of hydrogen-bond donors (Lipinski definition) is 1. The molecule has 2 radical (unpaired) electrons. The molecule has 0 aliphatic carbocycles. The fraction of sp³-hybridized carbons (Fsp3) is 0.250. The second kappa shape index (κ2) is 3.05. The smallest absolute Gasteiger partial charge is 0.123 e. The Kier molecular flexibility index (Phi) is 2.30. The SMILES string of the molecule is [B]C(O)c1cc(F)ccc1C. The number of aryl methyl sites for hydroxylation is 1. The fourth-order valence-electron chi connectivity index (χ4n) is 0.930. The molecule has 0 aliphatic heterocycles. The monoisotopic (exact) mass is 150 g/mol. The van der Waals surface area contributed by atoms with Crippen LogP contribution in [-0.2, 0) is 0 Å². The van der Waals surface area contributed by atoms with E-state index in [1.165, 1.54) is 12.1 Å². The van der Waals surface area contributed by atoms with E-state index in [1.807, 2.05) is 0 Å².